The first-order chi connectivity index (χ1) is 17.0. The highest BCUT2D eigenvalue weighted by Gasteiger charge is 2.38. The van der Waals surface area contributed by atoms with Gasteiger partial charge in [-0.3, -0.25) is 14.4 Å². The maximum absolute atomic E-state index is 13.0. The number of rotatable bonds is 4. The quantitative estimate of drug-likeness (QED) is 0.209. The first kappa shape index (κ1) is 34.0. The number of halogens is 6. The van der Waals surface area contributed by atoms with Gasteiger partial charge < -0.3 is 16.2 Å². The maximum atomic E-state index is 13.0. The highest BCUT2D eigenvalue weighted by atomic mass is 32.3. The van der Waals surface area contributed by atoms with Gasteiger partial charge in [0.05, 0.1) is 17.6 Å². The summed E-state index contributed by atoms with van der Waals surface area (Å²) in [6, 6.07) is -0.437. The summed E-state index contributed by atoms with van der Waals surface area (Å²) in [6.45, 7) is 0. The average Bonchev–Trinajstić information content (AvgIpc) is 2.70. The average molecular weight is 603 g/mol. The van der Waals surface area contributed by atoms with E-state index in [0.717, 1.165) is 19.2 Å². The third-order valence-electron chi connectivity index (χ3n) is 2.99. The zero-order valence-electron chi connectivity index (χ0n) is 18.1. The lowest BCUT2D eigenvalue weighted by Crippen LogP contribution is -2.36. The molecule has 0 atom stereocenters. The molecule has 0 unspecified atom stereocenters. The summed E-state index contributed by atoms with van der Waals surface area (Å²) in [6.07, 6.45) is -10.1. The van der Waals surface area contributed by atoms with Crippen molar-refractivity contribution in [2.24, 2.45) is 11.5 Å². The molecule has 0 saturated carbocycles. The Bertz CT molecular complexity index is 1340. The molecule has 8 N–H and O–H groups in total. The second kappa shape index (κ2) is 13.0. The molecule has 1 aromatic heterocycles. The number of carbonyl (C=O) groups excluding carboxylic acids is 2. The highest BCUT2D eigenvalue weighted by Crippen LogP contribution is 2.34. The zero-order chi connectivity index (χ0) is 30.1. The monoisotopic (exact) mass is 603 g/mol. The summed E-state index contributed by atoms with van der Waals surface area (Å²) in [4.78, 5) is 28.6. The largest absolute Gasteiger partial charge is 0.467 e. The number of nitrogens with one attached hydrogen (secondary N) is 2. The number of benzene rings is 1. The van der Waals surface area contributed by atoms with Gasteiger partial charge >= 0.3 is 40.8 Å². The number of urea groups is 2. The van der Waals surface area contributed by atoms with Crippen molar-refractivity contribution in [2.75, 3.05) is 12.4 Å². The molecule has 38 heavy (non-hydrogen) atoms. The minimum Gasteiger partial charge on any atom is -0.467 e. The van der Waals surface area contributed by atoms with Crippen LogP contribution in [-0.2, 0) is 32.8 Å². The van der Waals surface area contributed by atoms with Gasteiger partial charge in [-0.05, 0) is 12.1 Å². The van der Waals surface area contributed by atoms with Crippen molar-refractivity contribution >= 4 is 38.4 Å². The molecule has 214 valence electrons. The predicted molar refractivity (Wildman–Crippen MR) is 110 cm³/mol. The summed E-state index contributed by atoms with van der Waals surface area (Å²) in [5, 5.41) is 1.56. The lowest BCUT2D eigenvalue weighted by Gasteiger charge is -2.14. The van der Waals surface area contributed by atoms with E-state index in [1.54, 1.807) is 5.32 Å². The van der Waals surface area contributed by atoms with Crippen LogP contribution in [0.1, 0.15) is 11.4 Å². The molecule has 0 bridgehead atoms. The fourth-order valence-corrected chi connectivity index (χ4v) is 3.01. The van der Waals surface area contributed by atoms with E-state index in [0.29, 0.717) is 12.1 Å². The van der Waals surface area contributed by atoms with Gasteiger partial charge in [-0.2, -0.15) is 49.7 Å². The van der Waals surface area contributed by atoms with Crippen molar-refractivity contribution in [3.63, 3.8) is 0 Å². The minimum atomic E-state index is -5.05. The van der Waals surface area contributed by atoms with Gasteiger partial charge in [0.1, 0.15) is 0 Å². The summed E-state index contributed by atoms with van der Waals surface area (Å²) >= 11 is 0. The van der Waals surface area contributed by atoms with Crippen LogP contribution in [0, 0.1) is 0 Å². The summed E-state index contributed by atoms with van der Waals surface area (Å²) in [5.74, 6) is -2.81. The number of amides is 4. The van der Waals surface area contributed by atoms with Crippen LogP contribution in [0.3, 0.4) is 0 Å². The number of methoxy groups -OCH3 is 1. The van der Waals surface area contributed by atoms with Crippen LogP contribution < -0.4 is 26.2 Å². The van der Waals surface area contributed by atoms with Crippen molar-refractivity contribution in [1.82, 2.24) is 19.7 Å². The second-order valence-electron chi connectivity index (χ2n) is 5.87. The number of primary amides is 2. The fraction of sp³-hybridized carbons (Fsp3) is 0.214. The highest BCUT2D eigenvalue weighted by molar-refractivity contribution is 7.90. The Morgan fingerprint density at radius 3 is 1.82 bits per heavy atom. The molecule has 16 nitrogen and oxygen atoms in total. The van der Waals surface area contributed by atoms with Crippen molar-refractivity contribution in [1.29, 1.82) is 0 Å². The topological polar surface area (TPSA) is 267 Å². The molecule has 0 radical (unpaired) electrons. The number of nitrogens with zero attached hydrogens (tertiary/aromatic N) is 3. The number of hydrogen-bond donors (Lipinski definition) is 6. The van der Waals surface area contributed by atoms with E-state index in [1.807, 2.05) is 0 Å². The van der Waals surface area contributed by atoms with E-state index in [-0.39, 0.29) is 0 Å². The Labute approximate surface area is 208 Å². The van der Waals surface area contributed by atoms with Gasteiger partial charge in [0.15, 0.2) is 0 Å². The van der Waals surface area contributed by atoms with Crippen LogP contribution in [0.2, 0.25) is 0 Å². The minimum absolute atomic E-state index is 0.471. The number of anilines is 1. The van der Waals surface area contributed by atoms with E-state index in [1.165, 1.54) is 4.72 Å². The summed E-state index contributed by atoms with van der Waals surface area (Å²) in [5.41, 5.74) is 6.95. The van der Waals surface area contributed by atoms with Crippen molar-refractivity contribution < 1.29 is 66.6 Å². The molecule has 0 fully saturated rings. The molecular formula is C14H15F6N7O9S2. The predicted octanol–water partition coefficient (Wildman–Crippen LogP) is 0.799. The molecule has 0 spiro atoms. The molecule has 2 rings (SSSR count). The van der Waals surface area contributed by atoms with Crippen LogP contribution in [-0.4, -0.2) is 60.1 Å². The number of aromatic nitrogens is 3. The second-order valence-corrected chi connectivity index (χ2v) is 8.42. The number of ether oxygens (including phenoxy) is 1. The van der Waals surface area contributed by atoms with Crippen LogP contribution >= 0.6 is 0 Å². The lowest BCUT2D eigenvalue weighted by atomic mass is 10.2. The number of hydrogen-bond acceptors (Lipinski definition) is 10. The third kappa shape index (κ3) is 13.3. The Morgan fingerprint density at radius 1 is 0.921 bits per heavy atom. The fourth-order valence-electron chi connectivity index (χ4n) is 1.87. The van der Waals surface area contributed by atoms with Gasteiger partial charge in [-0.1, -0.05) is 12.1 Å². The molecule has 0 saturated heterocycles. The van der Waals surface area contributed by atoms with E-state index in [2.05, 4.69) is 31.2 Å². The van der Waals surface area contributed by atoms with Crippen molar-refractivity contribution in [3.05, 3.63) is 35.7 Å². The van der Waals surface area contributed by atoms with Gasteiger partial charge in [0.25, 0.3) is 10.0 Å². The molecule has 2 aromatic rings. The molecule has 0 aliphatic carbocycles. The van der Waals surface area contributed by atoms with E-state index in [9.17, 15) is 39.6 Å². The standard InChI is InChI=1S/C13H9F6N5O4S.CH4N2O.H2O4S/c1-28-11-21-8(13(17,18)19)20-9(23-11)22-10(25)24-29(26,27)7-5-3-2-4-6(7)12(14,15)16;2-1(3)4;1-5(2,3)4/h2-5H,1H3,(H2,20,21,22,23,24,25);(H4,2,3,4);(H2,1,2,3,4). The molecular weight excluding hydrogens is 588 g/mol. The van der Waals surface area contributed by atoms with Crippen LogP contribution in [0.15, 0.2) is 29.2 Å². The van der Waals surface area contributed by atoms with Crippen molar-refractivity contribution in [2.45, 2.75) is 17.2 Å². The zero-order valence-corrected chi connectivity index (χ0v) is 19.8. The first-order valence-electron chi connectivity index (χ1n) is 8.59. The van der Waals surface area contributed by atoms with E-state index < -0.39 is 73.1 Å². The number of alkyl halides is 6. The molecule has 1 heterocycles. The molecule has 24 heteroatoms. The van der Waals surface area contributed by atoms with Crippen LogP contribution in [0.25, 0.3) is 0 Å². The number of sulfonamides is 1. The third-order valence-corrected chi connectivity index (χ3v) is 4.37. The Kier molecular flexibility index (Phi) is 11.6. The normalized spacial score (nSPS) is 11.6. The molecule has 0 aliphatic rings. The first-order valence-corrected chi connectivity index (χ1v) is 11.5. The van der Waals surface area contributed by atoms with Crippen LogP contribution in [0.4, 0.5) is 41.9 Å². The van der Waals surface area contributed by atoms with Gasteiger partial charge in [-0.25, -0.2) is 22.7 Å². The molecule has 4 amide bonds. The SMILES string of the molecule is COc1nc(NC(=O)NS(=O)(=O)c2ccccc2C(F)(F)F)nc(C(F)(F)F)n1.NC(N)=O.O=S(=O)(O)O. The summed E-state index contributed by atoms with van der Waals surface area (Å²) < 4.78 is 139. The summed E-state index contributed by atoms with van der Waals surface area (Å²) in [7, 11) is -8.81. The Balaban J connectivity index is 0.00000131. The van der Waals surface area contributed by atoms with Gasteiger partial charge in [0, 0.05) is 0 Å². The Morgan fingerprint density at radius 2 is 1.39 bits per heavy atom. The van der Waals surface area contributed by atoms with Crippen molar-refractivity contribution in [3.8, 4) is 6.01 Å². The van der Waals surface area contributed by atoms with Gasteiger partial charge in [-0.15, -0.1) is 0 Å². The smallest absolute Gasteiger partial charge is 0.451 e. The van der Waals surface area contributed by atoms with E-state index >= 15 is 0 Å². The number of carbonyl (C=O) groups is 2. The molecule has 1 aromatic carbocycles. The molecule has 0 aliphatic heterocycles. The van der Waals surface area contributed by atoms with E-state index in [4.69, 9.17) is 22.3 Å². The van der Waals surface area contributed by atoms with Gasteiger partial charge in [0.2, 0.25) is 11.8 Å². The Hall–Kier alpha value is -4.03. The number of nitrogens with two attached hydrogens (primary N) is 2. The van der Waals surface area contributed by atoms with Crippen LogP contribution in [0.5, 0.6) is 6.01 Å². The maximum Gasteiger partial charge on any atom is 0.451 e. The lowest BCUT2D eigenvalue weighted by molar-refractivity contribution is -0.145.